The first-order valence-electron chi connectivity index (χ1n) is 6.84. The molecule has 6 nitrogen and oxygen atoms in total. The van der Waals surface area contributed by atoms with Crippen molar-refractivity contribution in [2.45, 2.75) is 33.2 Å². The minimum absolute atomic E-state index is 0.106. The first kappa shape index (κ1) is 13.7. The number of guanidine groups is 1. The second-order valence-corrected chi connectivity index (χ2v) is 5.40. The van der Waals surface area contributed by atoms with Gasteiger partial charge >= 0.3 is 0 Å². The molecule has 0 aliphatic carbocycles. The van der Waals surface area contributed by atoms with Gasteiger partial charge in [-0.25, -0.2) is 4.99 Å². The van der Waals surface area contributed by atoms with Gasteiger partial charge in [0.15, 0.2) is 0 Å². The van der Waals surface area contributed by atoms with Gasteiger partial charge in [-0.15, -0.1) is 0 Å². The van der Waals surface area contributed by atoms with Gasteiger partial charge in [0.05, 0.1) is 12.6 Å². The minimum Gasteiger partial charge on any atom is -0.383 e. The molecule has 106 valence electrons. The Bertz CT molecular complexity index is 440. The Kier molecular flexibility index (Phi) is 3.68. The van der Waals surface area contributed by atoms with Crippen LogP contribution in [0.25, 0.3) is 0 Å². The third kappa shape index (κ3) is 2.27. The number of aliphatic imine (C=N–C) groups is 1. The summed E-state index contributed by atoms with van der Waals surface area (Å²) in [5.41, 5.74) is 6.63. The van der Waals surface area contributed by atoms with Crippen LogP contribution in [0.2, 0.25) is 0 Å². The van der Waals surface area contributed by atoms with Crippen LogP contribution in [-0.4, -0.2) is 47.8 Å². The Labute approximate surface area is 114 Å². The van der Waals surface area contributed by atoms with Gasteiger partial charge in [0.2, 0.25) is 5.96 Å². The number of carbonyl (C=O) groups is 1. The number of rotatable bonds is 4. The third-order valence-corrected chi connectivity index (χ3v) is 3.58. The fourth-order valence-electron chi connectivity index (χ4n) is 2.28. The van der Waals surface area contributed by atoms with E-state index in [4.69, 9.17) is 5.73 Å². The molecule has 0 bridgehead atoms. The number of hydrogen-bond acceptors (Lipinski definition) is 5. The molecule has 1 atom stereocenters. The lowest BCUT2D eigenvalue weighted by Gasteiger charge is -2.33. The van der Waals surface area contributed by atoms with E-state index >= 15 is 0 Å². The van der Waals surface area contributed by atoms with Crippen molar-refractivity contribution in [2.24, 2.45) is 16.6 Å². The van der Waals surface area contributed by atoms with E-state index in [9.17, 15) is 4.79 Å². The largest absolute Gasteiger partial charge is 0.383 e. The summed E-state index contributed by atoms with van der Waals surface area (Å²) in [6.45, 7) is 7.80. The van der Waals surface area contributed by atoms with Gasteiger partial charge in [0.25, 0.3) is 5.91 Å². The first-order valence-corrected chi connectivity index (χ1v) is 6.84. The lowest BCUT2D eigenvalue weighted by Crippen LogP contribution is -2.53. The maximum Gasteiger partial charge on any atom is 0.280 e. The molecule has 0 saturated carbocycles. The van der Waals surface area contributed by atoms with Crippen molar-refractivity contribution in [2.75, 3.05) is 20.1 Å². The number of nitrogens with one attached hydrogen (secondary N) is 1. The molecule has 0 aromatic carbocycles. The molecule has 0 aromatic heterocycles. The van der Waals surface area contributed by atoms with Crippen LogP contribution in [-0.2, 0) is 4.79 Å². The summed E-state index contributed by atoms with van der Waals surface area (Å²) in [5.74, 6) is 1.49. The Balaban J connectivity index is 2.31. The normalized spacial score (nSPS) is 23.1. The lowest BCUT2D eigenvalue weighted by molar-refractivity contribution is -0.124. The maximum atomic E-state index is 12.3. The van der Waals surface area contributed by atoms with Crippen molar-refractivity contribution in [3.8, 4) is 0 Å². The van der Waals surface area contributed by atoms with E-state index in [1.54, 1.807) is 11.9 Å². The van der Waals surface area contributed by atoms with Crippen LogP contribution in [0.4, 0.5) is 0 Å². The van der Waals surface area contributed by atoms with Crippen molar-refractivity contribution < 1.29 is 4.79 Å². The zero-order valence-electron chi connectivity index (χ0n) is 12.1. The van der Waals surface area contributed by atoms with Crippen LogP contribution in [0.3, 0.4) is 0 Å². The lowest BCUT2D eigenvalue weighted by atomic mass is 10.1. The SMILES string of the molecule is CCCNC1=C(N)N2CC(C(C)C)N=C2N(C)C1=O. The fraction of sp³-hybridized carbons (Fsp3) is 0.692. The van der Waals surface area contributed by atoms with Crippen molar-refractivity contribution in [1.29, 1.82) is 0 Å². The Morgan fingerprint density at radius 2 is 2.21 bits per heavy atom. The van der Waals surface area contributed by atoms with Crippen molar-refractivity contribution in [3.63, 3.8) is 0 Å². The molecule has 1 unspecified atom stereocenters. The predicted molar refractivity (Wildman–Crippen MR) is 75.0 cm³/mol. The molecule has 2 heterocycles. The number of fused-ring (bicyclic) bond motifs is 1. The summed E-state index contributed by atoms with van der Waals surface area (Å²) in [4.78, 5) is 20.4. The van der Waals surface area contributed by atoms with Crippen molar-refractivity contribution >= 4 is 11.9 Å². The maximum absolute atomic E-state index is 12.3. The molecule has 0 spiro atoms. The number of nitrogens with zero attached hydrogens (tertiary/aromatic N) is 3. The van der Waals surface area contributed by atoms with E-state index in [1.165, 1.54) is 0 Å². The van der Waals surface area contributed by atoms with Gasteiger partial charge in [0.1, 0.15) is 11.5 Å². The summed E-state index contributed by atoms with van der Waals surface area (Å²) in [6.07, 6.45) is 0.948. The zero-order chi connectivity index (χ0) is 14.2. The molecule has 6 heteroatoms. The minimum atomic E-state index is -0.106. The second-order valence-electron chi connectivity index (χ2n) is 5.40. The van der Waals surface area contributed by atoms with E-state index in [0.717, 1.165) is 19.5 Å². The number of amides is 1. The average molecular weight is 265 g/mol. The molecule has 0 fully saturated rings. The molecule has 0 saturated heterocycles. The monoisotopic (exact) mass is 265 g/mol. The highest BCUT2D eigenvalue weighted by Crippen LogP contribution is 2.25. The summed E-state index contributed by atoms with van der Waals surface area (Å²) >= 11 is 0. The van der Waals surface area contributed by atoms with E-state index < -0.39 is 0 Å². The quantitative estimate of drug-likeness (QED) is 0.766. The van der Waals surface area contributed by atoms with Crippen molar-refractivity contribution in [3.05, 3.63) is 11.5 Å². The molecule has 1 amide bonds. The highest BCUT2D eigenvalue weighted by molar-refractivity contribution is 6.08. The molecule has 19 heavy (non-hydrogen) atoms. The van der Waals surface area contributed by atoms with E-state index in [2.05, 4.69) is 31.1 Å². The highest BCUT2D eigenvalue weighted by Gasteiger charge is 2.39. The van der Waals surface area contributed by atoms with Crippen LogP contribution >= 0.6 is 0 Å². The molecule has 2 rings (SSSR count). The van der Waals surface area contributed by atoms with E-state index in [0.29, 0.717) is 23.4 Å². The molecule has 3 N–H and O–H groups in total. The van der Waals surface area contributed by atoms with Gasteiger partial charge in [-0.3, -0.25) is 14.6 Å². The van der Waals surface area contributed by atoms with Gasteiger partial charge in [0, 0.05) is 13.6 Å². The number of nitrogens with two attached hydrogens (primary N) is 1. The molecular weight excluding hydrogens is 242 g/mol. The molecular formula is C13H23N5O. The van der Waals surface area contributed by atoms with Crippen LogP contribution in [0, 0.1) is 5.92 Å². The van der Waals surface area contributed by atoms with Crippen LogP contribution in [0.1, 0.15) is 27.2 Å². The smallest absolute Gasteiger partial charge is 0.280 e. The van der Waals surface area contributed by atoms with Crippen LogP contribution in [0.5, 0.6) is 0 Å². The summed E-state index contributed by atoms with van der Waals surface area (Å²) < 4.78 is 0. The van der Waals surface area contributed by atoms with E-state index in [-0.39, 0.29) is 11.9 Å². The molecule has 0 aromatic rings. The first-order chi connectivity index (χ1) is 8.97. The number of likely N-dealkylation sites (N-methyl/N-ethyl adjacent to an activating group) is 1. The third-order valence-electron chi connectivity index (χ3n) is 3.58. The Hall–Kier alpha value is -1.72. The summed E-state index contributed by atoms with van der Waals surface area (Å²) in [7, 11) is 1.75. The van der Waals surface area contributed by atoms with Crippen molar-refractivity contribution in [1.82, 2.24) is 15.1 Å². The topological polar surface area (TPSA) is 74.0 Å². The Morgan fingerprint density at radius 3 is 2.79 bits per heavy atom. The highest BCUT2D eigenvalue weighted by atomic mass is 16.2. The standard InChI is InChI=1S/C13H23N5O/c1-5-6-15-10-11(14)18-7-9(8(2)3)16-13(18)17(4)12(10)19/h8-9,15H,5-7,14H2,1-4H3. The summed E-state index contributed by atoms with van der Waals surface area (Å²) in [6, 6.07) is 0.189. The average Bonchev–Trinajstić information content (AvgIpc) is 2.82. The molecule has 2 aliphatic heterocycles. The number of carbonyl (C=O) groups excluding carboxylic acids is 1. The molecule has 0 radical (unpaired) electrons. The Morgan fingerprint density at radius 1 is 1.53 bits per heavy atom. The van der Waals surface area contributed by atoms with E-state index in [1.807, 2.05) is 4.90 Å². The van der Waals surface area contributed by atoms with Crippen LogP contribution < -0.4 is 11.1 Å². The van der Waals surface area contributed by atoms with Crippen LogP contribution in [0.15, 0.2) is 16.5 Å². The fourth-order valence-corrected chi connectivity index (χ4v) is 2.28. The van der Waals surface area contributed by atoms with Gasteiger partial charge in [-0.05, 0) is 12.3 Å². The summed E-state index contributed by atoms with van der Waals surface area (Å²) in [5, 5.41) is 3.12. The van der Waals surface area contributed by atoms with Gasteiger partial charge in [-0.1, -0.05) is 20.8 Å². The number of hydrogen-bond donors (Lipinski definition) is 2. The zero-order valence-corrected chi connectivity index (χ0v) is 12.1. The molecule has 2 aliphatic rings. The van der Waals surface area contributed by atoms with Gasteiger partial charge in [-0.2, -0.15) is 0 Å². The predicted octanol–water partition coefficient (Wildman–Crippen LogP) is 0.282. The van der Waals surface area contributed by atoms with Gasteiger partial charge < -0.3 is 11.1 Å². The second kappa shape index (κ2) is 5.11.